The van der Waals surface area contributed by atoms with E-state index in [4.69, 9.17) is 37.7 Å². The summed E-state index contributed by atoms with van der Waals surface area (Å²) in [5.41, 5.74) is 2.67. The molecule has 5 aliphatic heterocycles. The molecule has 7 heterocycles. The molecule has 2 aromatic heterocycles. The van der Waals surface area contributed by atoms with Crippen molar-refractivity contribution in [2.24, 2.45) is 11.8 Å². The monoisotopic (exact) mass is 841 g/mol. The molecule has 2 bridgehead atoms. The number of benzene rings is 1. The Morgan fingerprint density at radius 3 is 2.69 bits per heavy atom. The highest BCUT2D eigenvalue weighted by molar-refractivity contribution is 6.42. The van der Waals surface area contributed by atoms with Gasteiger partial charge in [-0.3, -0.25) is 9.69 Å². The molecule has 59 heavy (non-hydrogen) atoms. The standard InChI is InChI=1S/C45H47Cl2F2N7O3/c1-23(34-11-6-16-54(34)2)58-43-30-20-36(35-19-27(22-55(35)45(57)24-12-13-24)59-44-32(48)10-5-15-51-44)56(41-26-18-33(41)52-21-26)42(30)29-17-25(7-4-14-50)37(39(49)40(29)53-43)28-8-3-9-31(46)38(28)47/h3,5,8-10,15,17,20,23-24,26-27,33-37,41,52H,4,6-7,11-13,16,18-19,21-22H2,1-2H3/t23-,26+,27-,33+,34-,35+,36?,37?,41-/m0/s1. The summed E-state index contributed by atoms with van der Waals surface area (Å²) < 4.78 is 45.9. The number of nitrogens with zero attached hydrogens (tertiary/aromatic N) is 6. The third-order valence-electron chi connectivity index (χ3n) is 13.9. The second-order valence-corrected chi connectivity index (χ2v) is 18.2. The molecule has 1 N–H and O–H groups in total. The number of hydrogen-bond acceptors (Lipinski definition) is 9. The normalized spacial score (nSPS) is 30.0. The minimum Gasteiger partial charge on any atom is -0.472 e. The number of rotatable bonds is 11. The molecular weight excluding hydrogens is 795 g/mol. The largest absolute Gasteiger partial charge is 0.472 e. The van der Waals surface area contributed by atoms with Gasteiger partial charge in [0.25, 0.3) is 5.88 Å². The predicted molar refractivity (Wildman–Crippen MR) is 222 cm³/mol. The summed E-state index contributed by atoms with van der Waals surface area (Å²) >= 11 is 13.3. The first-order chi connectivity index (χ1) is 28.6. The highest BCUT2D eigenvalue weighted by Gasteiger charge is 2.56. The molecule has 2 unspecified atom stereocenters. The fourth-order valence-corrected chi connectivity index (χ4v) is 11.3. The zero-order valence-electron chi connectivity index (χ0n) is 33.1. The number of carbonyl (C=O) groups excluding carboxylic acids is 1. The van der Waals surface area contributed by atoms with Crippen LogP contribution < -0.4 is 30.3 Å². The molecule has 308 valence electrons. The molecule has 0 spiro atoms. The Hall–Kier alpha value is -4.28. The lowest BCUT2D eigenvalue weighted by atomic mass is 9.77. The number of likely N-dealkylation sites (N-methyl/N-ethyl adjacent to an activating group) is 1. The molecule has 1 amide bonds. The predicted octanol–water partition coefficient (Wildman–Crippen LogP) is 6.13. The van der Waals surface area contributed by atoms with Gasteiger partial charge >= 0.3 is 0 Å². The average Bonchev–Trinajstić information content (AvgIpc) is 3.66. The zero-order chi connectivity index (χ0) is 40.7. The number of amides is 1. The maximum Gasteiger partial charge on any atom is 0.250 e. The number of pyridine rings is 2. The van der Waals surface area contributed by atoms with Crippen molar-refractivity contribution in [2.45, 2.75) is 107 Å². The Labute approximate surface area is 352 Å². The Kier molecular flexibility index (Phi) is 10.1. The number of halogens is 4. The topological polar surface area (TPSA) is 107 Å². The number of carbonyl (C=O) groups is 1. The molecule has 2 saturated carbocycles. The van der Waals surface area contributed by atoms with Gasteiger partial charge in [-0.25, -0.2) is 18.7 Å². The van der Waals surface area contributed by atoms with Gasteiger partial charge in [0.15, 0.2) is 5.82 Å². The van der Waals surface area contributed by atoms with E-state index in [0.717, 1.165) is 56.1 Å². The highest BCUT2D eigenvalue weighted by atomic mass is 35.5. The fourth-order valence-electron chi connectivity index (χ4n) is 10.8. The zero-order valence-corrected chi connectivity index (χ0v) is 34.6. The quantitative estimate of drug-likeness (QED) is 0.244. The highest BCUT2D eigenvalue weighted by Crippen LogP contribution is 2.49. The number of aromatic nitrogens is 2. The van der Waals surface area contributed by atoms with Gasteiger partial charge in [0.1, 0.15) is 23.4 Å². The first-order valence-electron chi connectivity index (χ1n) is 21.0. The van der Waals surface area contributed by atoms with Gasteiger partial charge in [0.2, 0.25) is 11.8 Å². The van der Waals surface area contributed by atoms with Crippen LogP contribution in [0.3, 0.4) is 0 Å². The van der Waals surface area contributed by atoms with Gasteiger partial charge in [-0.15, -0.1) is 0 Å². The summed E-state index contributed by atoms with van der Waals surface area (Å²) in [4.78, 5) is 30.2. The van der Waals surface area contributed by atoms with Crippen molar-refractivity contribution in [3.8, 4) is 17.8 Å². The van der Waals surface area contributed by atoms with E-state index in [9.17, 15) is 14.4 Å². The molecule has 3 aliphatic carbocycles. The van der Waals surface area contributed by atoms with Crippen molar-refractivity contribution < 1.29 is 23.0 Å². The maximum atomic E-state index is 17.8. The minimum absolute atomic E-state index is 0.0521. The number of nitriles is 1. The lowest BCUT2D eigenvalue weighted by Crippen LogP contribution is -2.61. The van der Waals surface area contributed by atoms with E-state index < -0.39 is 23.7 Å². The van der Waals surface area contributed by atoms with Crippen molar-refractivity contribution in [2.75, 3.05) is 31.6 Å². The van der Waals surface area contributed by atoms with Crippen molar-refractivity contribution in [3.63, 3.8) is 0 Å². The summed E-state index contributed by atoms with van der Waals surface area (Å²) in [6, 6.07) is 10.0. The molecular formula is C45H47Cl2F2N7O3. The van der Waals surface area contributed by atoms with Crippen LogP contribution in [-0.4, -0.2) is 94.8 Å². The van der Waals surface area contributed by atoms with Crippen LogP contribution in [0.5, 0.6) is 11.8 Å². The first kappa shape index (κ1) is 38.9. The van der Waals surface area contributed by atoms with E-state index in [1.807, 2.05) is 11.0 Å². The maximum absolute atomic E-state index is 17.8. The number of hydrogen-bond donors (Lipinski definition) is 1. The average molecular weight is 843 g/mol. The molecule has 3 aromatic rings. The third kappa shape index (κ3) is 6.68. The van der Waals surface area contributed by atoms with Crippen LogP contribution in [0.1, 0.15) is 75.3 Å². The van der Waals surface area contributed by atoms with Crippen molar-refractivity contribution in [3.05, 3.63) is 79.7 Å². The Morgan fingerprint density at radius 2 is 1.98 bits per heavy atom. The summed E-state index contributed by atoms with van der Waals surface area (Å²) in [5.74, 6) is -1.30. The fraction of sp³-hybridized carbons (Fsp3) is 0.511. The van der Waals surface area contributed by atoms with Gasteiger partial charge in [0.05, 0.1) is 51.6 Å². The van der Waals surface area contributed by atoms with E-state index in [2.05, 4.69) is 46.2 Å². The van der Waals surface area contributed by atoms with Crippen LogP contribution in [-0.2, 0) is 4.79 Å². The van der Waals surface area contributed by atoms with Crippen LogP contribution in [0.15, 0.2) is 42.1 Å². The van der Waals surface area contributed by atoms with Crippen LogP contribution >= 0.6 is 23.2 Å². The number of nitrogens with one attached hydrogen (secondary N) is 1. The van der Waals surface area contributed by atoms with Crippen LogP contribution in [0.25, 0.3) is 18.0 Å². The minimum atomic E-state index is -0.901. The van der Waals surface area contributed by atoms with Crippen LogP contribution in [0.4, 0.5) is 14.5 Å². The van der Waals surface area contributed by atoms with E-state index >= 15 is 4.39 Å². The van der Waals surface area contributed by atoms with Gasteiger partial charge in [-0.1, -0.05) is 47.0 Å². The van der Waals surface area contributed by atoms with Crippen LogP contribution in [0.2, 0.25) is 10.0 Å². The van der Waals surface area contributed by atoms with Crippen molar-refractivity contribution in [1.29, 1.82) is 5.26 Å². The number of allylic oxidation sites excluding steroid dienone is 1. The van der Waals surface area contributed by atoms with E-state index in [0.29, 0.717) is 52.9 Å². The Bertz CT molecular complexity index is 2390. The molecule has 11 rings (SSSR count). The Balaban J connectivity index is 1.16. The van der Waals surface area contributed by atoms with Gasteiger partial charge < -0.3 is 24.6 Å². The van der Waals surface area contributed by atoms with Crippen LogP contribution in [0, 0.1) is 29.0 Å². The van der Waals surface area contributed by atoms with E-state index in [1.54, 1.807) is 18.2 Å². The summed E-state index contributed by atoms with van der Waals surface area (Å²) in [7, 11) is 2.10. The van der Waals surface area contributed by atoms with Crippen molar-refractivity contribution in [1.82, 2.24) is 25.1 Å². The van der Waals surface area contributed by atoms with Gasteiger partial charge in [0, 0.05) is 55.2 Å². The molecule has 4 saturated heterocycles. The number of fused-ring (bicyclic) bond motifs is 4. The summed E-state index contributed by atoms with van der Waals surface area (Å²) in [6.45, 7) is 4.18. The second-order valence-electron chi connectivity index (χ2n) is 17.4. The summed E-state index contributed by atoms with van der Waals surface area (Å²) in [6.07, 6.45) is 10.6. The van der Waals surface area contributed by atoms with E-state index in [1.165, 1.54) is 18.3 Å². The number of ether oxygens (including phenoxy) is 2. The molecule has 1 aromatic carbocycles. The molecule has 10 nitrogen and oxygen atoms in total. The SMILES string of the molecule is C[C@H](Oc1nc2c(c3c1=CC([C@H]1C[C@H](Oc4ncccc4F)CN1C(=O)C1CC1)N3[C@H]1[C@H]3CN[C@@H]1C3)C=C(CCC#N)C(c1cccc(Cl)c1Cl)C=2F)[C@@H]1CCCN1C. The third-order valence-corrected chi connectivity index (χ3v) is 14.7. The molecule has 14 heteroatoms. The van der Waals surface area contributed by atoms with E-state index in [-0.39, 0.29) is 70.8 Å². The van der Waals surface area contributed by atoms with Gasteiger partial charge in [-0.05, 0) is 94.8 Å². The molecule has 0 radical (unpaired) electrons. The molecule has 9 atom stereocenters. The number of anilines is 1. The lowest BCUT2D eigenvalue weighted by molar-refractivity contribution is -0.133. The summed E-state index contributed by atoms with van der Waals surface area (Å²) in [5, 5.41) is 15.0. The van der Waals surface area contributed by atoms with Gasteiger partial charge in [-0.2, -0.15) is 5.26 Å². The second kappa shape index (κ2) is 15.3. The number of likely N-dealkylation sites (tertiary alicyclic amines) is 2. The van der Waals surface area contributed by atoms with Crippen molar-refractivity contribution >= 4 is 52.8 Å². The smallest absolute Gasteiger partial charge is 0.250 e. The molecule has 6 fully saturated rings. The lowest BCUT2D eigenvalue weighted by Gasteiger charge is -2.48. The molecule has 8 aliphatic rings. The Morgan fingerprint density at radius 1 is 1.14 bits per heavy atom. The first-order valence-corrected chi connectivity index (χ1v) is 21.8.